The molecule has 0 saturated heterocycles. The van der Waals surface area contributed by atoms with Crippen LogP contribution in [0, 0.1) is 0 Å². The minimum atomic E-state index is -0.341. The number of unbranched alkanes of at least 4 members (excludes halogenated alkanes) is 1. The molecule has 1 heterocycles. The third-order valence-electron chi connectivity index (χ3n) is 1.99. The molecule has 0 atom stereocenters. The lowest BCUT2D eigenvalue weighted by molar-refractivity contribution is 0.144. The van der Waals surface area contributed by atoms with Gasteiger partial charge in [-0.2, -0.15) is 0 Å². The average molecular weight is 211 g/mol. The summed E-state index contributed by atoms with van der Waals surface area (Å²) >= 11 is 0. The Labute approximate surface area is 89.6 Å². The second-order valence-corrected chi connectivity index (χ2v) is 3.30. The van der Waals surface area contributed by atoms with Gasteiger partial charge in [0.05, 0.1) is 19.1 Å². The quantitative estimate of drug-likeness (QED) is 0.735. The molecule has 0 fully saturated rings. The van der Waals surface area contributed by atoms with Gasteiger partial charge in [-0.3, -0.25) is 0 Å². The standard InChI is InChI=1S/C11H17NO3/c1-2-3-7-15-11(13)12-6-4-10-5-8-14-9-10/h5,8-9H,2-4,6-7H2,1H3,(H,12,13). The summed E-state index contributed by atoms with van der Waals surface area (Å²) in [6, 6.07) is 1.88. The van der Waals surface area contributed by atoms with Crippen LogP contribution >= 0.6 is 0 Å². The number of amides is 1. The highest BCUT2D eigenvalue weighted by atomic mass is 16.5. The normalized spacial score (nSPS) is 9.93. The maximum Gasteiger partial charge on any atom is 0.407 e. The molecule has 1 rings (SSSR count). The summed E-state index contributed by atoms with van der Waals surface area (Å²) < 4.78 is 9.84. The Kier molecular flexibility index (Phi) is 5.37. The molecule has 1 aromatic heterocycles. The zero-order valence-corrected chi connectivity index (χ0v) is 8.99. The number of alkyl carbamates (subject to hydrolysis) is 1. The van der Waals surface area contributed by atoms with Crippen LogP contribution in [-0.4, -0.2) is 19.2 Å². The summed E-state index contributed by atoms with van der Waals surface area (Å²) in [5.74, 6) is 0. The summed E-state index contributed by atoms with van der Waals surface area (Å²) in [4.78, 5) is 11.1. The Bertz CT molecular complexity index is 269. The van der Waals surface area contributed by atoms with Crippen LogP contribution in [0.25, 0.3) is 0 Å². The molecular formula is C11H17NO3. The van der Waals surface area contributed by atoms with Crippen molar-refractivity contribution < 1.29 is 13.9 Å². The van der Waals surface area contributed by atoms with Crippen molar-refractivity contribution in [2.75, 3.05) is 13.2 Å². The molecule has 4 nitrogen and oxygen atoms in total. The minimum absolute atomic E-state index is 0.341. The van der Waals surface area contributed by atoms with Crippen molar-refractivity contribution in [1.29, 1.82) is 0 Å². The van der Waals surface area contributed by atoms with Crippen LogP contribution in [0.1, 0.15) is 25.3 Å². The first-order valence-electron chi connectivity index (χ1n) is 5.24. The summed E-state index contributed by atoms with van der Waals surface area (Å²) in [5, 5.41) is 2.68. The van der Waals surface area contributed by atoms with Crippen LogP contribution < -0.4 is 5.32 Å². The van der Waals surface area contributed by atoms with E-state index in [0.29, 0.717) is 13.2 Å². The first kappa shape index (κ1) is 11.6. The Morgan fingerprint density at radius 2 is 2.47 bits per heavy atom. The summed E-state index contributed by atoms with van der Waals surface area (Å²) in [6.45, 7) is 3.12. The van der Waals surface area contributed by atoms with Crippen LogP contribution in [0.4, 0.5) is 4.79 Å². The van der Waals surface area contributed by atoms with Crippen molar-refractivity contribution >= 4 is 6.09 Å². The molecule has 0 aliphatic carbocycles. The molecule has 0 radical (unpaired) electrons. The van der Waals surface area contributed by atoms with Crippen LogP contribution in [0.3, 0.4) is 0 Å². The van der Waals surface area contributed by atoms with Crippen LogP contribution in [0.5, 0.6) is 0 Å². The van der Waals surface area contributed by atoms with Crippen molar-refractivity contribution in [3.05, 3.63) is 24.2 Å². The van der Waals surface area contributed by atoms with Crippen LogP contribution in [0.2, 0.25) is 0 Å². The highest BCUT2D eigenvalue weighted by Crippen LogP contribution is 1.99. The zero-order valence-electron chi connectivity index (χ0n) is 8.99. The van der Waals surface area contributed by atoms with E-state index in [4.69, 9.17) is 9.15 Å². The van der Waals surface area contributed by atoms with Gasteiger partial charge in [0.15, 0.2) is 0 Å². The molecule has 0 aliphatic heterocycles. The number of nitrogens with one attached hydrogen (secondary N) is 1. The van der Waals surface area contributed by atoms with Crippen molar-refractivity contribution in [2.24, 2.45) is 0 Å². The van der Waals surface area contributed by atoms with E-state index >= 15 is 0 Å². The van der Waals surface area contributed by atoms with Gasteiger partial charge < -0.3 is 14.5 Å². The lowest BCUT2D eigenvalue weighted by atomic mass is 10.2. The Morgan fingerprint density at radius 3 is 3.13 bits per heavy atom. The molecule has 15 heavy (non-hydrogen) atoms. The average Bonchev–Trinajstić information content (AvgIpc) is 2.71. The van der Waals surface area contributed by atoms with E-state index in [2.05, 4.69) is 12.2 Å². The number of carbonyl (C=O) groups is 1. The van der Waals surface area contributed by atoms with Gasteiger partial charge in [-0.25, -0.2) is 4.79 Å². The third kappa shape index (κ3) is 5.10. The monoisotopic (exact) mass is 211 g/mol. The molecule has 84 valence electrons. The first-order chi connectivity index (χ1) is 7.33. The molecule has 0 spiro atoms. The zero-order chi connectivity index (χ0) is 10.9. The van der Waals surface area contributed by atoms with Crippen molar-refractivity contribution in [2.45, 2.75) is 26.2 Å². The van der Waals surface area contributed by atoms with Gasteiger partial charge in [0.2, 0.25) is 0 Å². The lowest BCUT2D eigenvalue weighted by Gasteiger charge is -2.05. The number of ether oxygens (including phenoxy) is 1. The molecular weight excluding hydrogens is 194 g/mol. The van der Waals surface area contributed by atoms with Crippen LogP contribution in [-0.2, 0) is 11.2 Å². The van der Waals surface area contributed by atoms with Crippen molar-refractivity contribution in [3.63, 3.8) is 0 Å². The predicted octanol–water partition coefficient (Wildman–Crippen LogP) is 2.35. The predicted molar refractivity (Wildman–Crippen MR) is 56.7 cm³/mol. The van der Waals surface area contributed by atoms with Gasteiger partial charge in [0.25, 0.3) is 0 Å². The van der Waals surface area contributed by atoms with Gasteiger partial charge in [0.1, 0.15) is 0 Å². The van der Waals surface area contributed by atoms with E-state index in [-0.39, 0.29) is 6.09 Å². The Hall–Kier alpha value is -1.45. The summed E-state index contributed by atoms with van der Waals surface area (Å²) in [7, 11) is 0. The largest absolute Gasteiger partial charge is 0.472 e. The molecule has 1 amide bonds. The lowest BCUT2D eigenvalue weighted by Crippen LogP contribution is -2.26. The Morgan fingerprint density at radius 1 is 1.60 bits per heavy atom. The second-order valence-electron chi connectivity index (χ2n) is 3.30. The molecule has 0 aromatic carbocycles. The van der Waals surface area contributed by atoms with E-state index < -0.39 is 0 Å². The van der Waals surface area contributed by atoms with Gasteiger partial charge in [-0.15, -0.1) is 0 Å². The molecule has 0 bridgehead atoms. The maximum atomic E-state index is 11.1. The van der Waals surface area contributed by atoms with Crippen molar-refractivity contribution in [3.8, 4) is 0 Å². The highest BCUT2D eigenvalue weighted by molar-refractivity contribution is 5.67. The number of carbonyl (C=O) groups excluding carboxylic acids is 1. The number of hydrogen-bond acceptors (Lipinski definition) is 3. The van der Waals surface area contributed by atoms with E-state index in [0.717, 1.165) is 24.8 Å². The highest BCUT2D eigenvalue weighted by Gasteiger charge is 2.00. The van der Waals surface area contributed by atoms with Crippen molar-refractivity contribution in [1.82, 2.24) is 5.32 Å². The number of furan rings is 1. The van der Waals surface area contributed by atoms with E-state index in [9.17, 15) is 4.79 Å². The smallest absolute Gasteiger partial charge is 0.407 e. The van der Waals surface area contributed by atoms with Gasteiger partial charge in [-0.1, -0.05) is 13.3 Å². The molecule has 4 heteroatoms. The minimum Gasteiger partial charge on any atom is -0.472 e. The maximum absolute atomic E-state index is 11.1. The van der Waals surface area contributed by atoms with E-state index in [1.807, 2.05) is 6.07 Å². The first-order valence-corrected chi connectivity index (χ1v) is 5.24. The Balaban J connectivity index is 2.02. The number of rotatable bonds is 6. The fourth-order valence-electron chi connectivity index (χ4n) is 1.10. The fourth-order valence-corrected chi connectivity index (χ4v) is 1.10. The number of hydrogen-bond donors (Lipinski definition) is 1. The molecule has 1 N–H and O–H groups in total. The van der Waals surface area contributed by atoms with Gasteiger partial charge >= 0.3 is 6.09 Å². The van der Waals surface area contributed by atoms with Crippen LogP contribution in [0.15, 0.2) is 23.0 Å². The summed E-state index contributed by atoms with van der Waals surface area (Å²) in [6.07, 6.45) is 5.66. The van der Waals surface area contributed by atoms with E-state index in [1.54, 1.807) is 12.5 Å². The topological polar surface area (TPSA) is 51.5 Å². The molecule has 0 aliphatic rings. The third-order valence-corrected chi connectivity index (χ3v) is 1.99. The fraction of sp³-hybridized carbons (Fsp3) is 0.545. The summed E-state index contributed by atoms with van der Waals surface area (Å²) in [5.41, 5.74) is 1.07. The van der Waals surface area contributed by atoms with E-state index in [1.165, 1.54) is 0 Å². The SMILES string of the molecule is CCCCOC(=O)NCCc1ccoc1. The van der Waals surface area contributed by atoms with Gasteiger partial charge in [-0.05, 0) is 24.5 Å². The molecule has 0 unspecified atom stereocenters. The van der Waals surface area contributed by atoms with Gasteiger partial charge in [0, 0.05) is 6.54 Å². The molecule has 1 aromatic rings. The molecule has 0 saturated carbocycles. The second kappa shape index (κ2) is 6.92.